The van der Waals surface area contributed by atoms with Crippen molar-refractivity contribution < 1.29 is 4.42 Å². The third-order valence-corrected chi connectivity index (χ3v) is 3.71. The molecule has 5 nitrogen and oxygen atoms in total. The van der Waals surface area contributed by atoms with E-state index in [-0.39, 0.29) is 0 Å². The SMILES string of the molecule is Cn1c(-c2cnc(-c3ccco3)s2)n[nH]c1=S. The number of nitrogens with zero attached hydrogens (tertiary/aromatic N) is 3. The van der Waals surface area contributed by atoms with Gasteiger partial charge in [0.15, 0.2) is 21.4 Å². The number of hydrogen-bond acceptors (Lipinski definition) is 5. The molecule has 3 aromatic heterocycles. The molecule has 1 N–H and O–H groups in total. The summed E-state index contributed by atoms with van der Waals surface area (Å²) in [5, 5.41) is 7.75. The van der Waals surface area contributed by atoms with Crippen LogP contribution >= 0.6 is 23.6 Å². The second-order valence-electron chi connectivity index (χ2n) is 3.42. The Kier molecular flexibility index (Phi) is 2.41. The molecule has 0 fully saturated rings. The molecular weight excluding hydrogens is 256 g/mol. The topological polar surface area (TPSA) is 59.6 Å². The van der Waals surface area contributed by atoms with Crippen LogP contribution in [0.1, 0.15) is 0 Å². The van der Waals surface area contributed by atoms with Gasteiger partial charge >= 0.3 is 0 Å². The van der Waals surface area contributed by atoms with Crippen molar-refractivity contribution in [3.05, 3.63) is 29.4 Å². The highest BCUT2D eigenvalue weighted by Gasteiger charge is 2.12. The van der Waals surface area contributed by atoms with Crippen LogP contribution in [-0.2, 0) is 7.05 Å². The van der Waals surface area contributed by atoms with E-state index in [0.29, 0.717) is 4.77 Å². The molecule has 0 radical (unpaired) electrons. The van der Waals surface area contributed by atoms with Gasteiger partial charge in [-0.3, -0.25) is 5.10 Å². The maximum absolute atomic E-state index is 5.30. The number of furan rings is 1. The number of aromatic nitrogens is 4. The third-order valence-electron chi connectivity index (χ3n) is 2.34. The number of nitrogens with one attached hydrogen (secondary N) is 1. The van der Waals surface area contributed by atoms with Crippen molar-refractivity contribution in [3.63, 3.8) is 0 Å². The zero-order valence-corrected chi connectivity index (χ0v) is 10.5. The first-order chi connectivity index (χ1) is 8.25. The number of aromatic amines is 1. The quantitative estimate of drug-likeness (QED) is 0.723. The molecule has 3 heterocycles. The summed E-state index contributed by atoms with van der Waals surface area (Å²) < 4.78 is 7.70. The maximum Gasteiger partial charge on any atom is 0.195 e. The van der Waals surface area contributed by atoms with Crippen LogP contribution in [0.15, 0.2) is 29.0 Å². The molecule has 3 aromatic rings. The van der Waals surface area contributed by atoms with Crippen LogP contribution in [0.3, 0.4) is 0 Å². The Labute approximate surface area is 106 Å². The van der Waals surface area contributed by atoms with Crippen molar-refractivity contribution in [1.82, 2.24) is 19.7 Å². The summed E-state index contributed by atoms with van der Waals surface area (Å²) in [6, 6.07) is 3.72. The van der Waals surface area contributed by atoms with Crippen LogP contribution in [0.25, 0.3) is 21.5 Å². The van der Waals surface area contributed by atoms with Crippen molar-refractivity contribution in [2.45, 2.75) is 0 Å². The molecule has 0 aliphatic heterocycles. The van der Waals surface area contributed by atoms with Gasteiger partial charge in [-0.2, -0.15) is 5.10 Å². The molecule has 86 valence electrons. The van der Waals surface area contributed by atoms with Crippen molar-refractivity contribution in [3.8, 4) is 21.5 Å². The fourth-order valence-corrected chi connectivity index (χ4v) is 2.50. The Morgan fingerprint density at radius 3 is 3.06 bits per heavy atom. The van der Waals surface area contributed by atoms with Gasteiger partial charge in [0.2, 0.25) is 0 Å². The van der Waals surface area contributed by atoms with E-state index < -0.39 is 0 Å². The lowest BCUT2D eigenvalue weighted by Crippen LogP contribution is -1.89. The minimum absolute atomic E-state index is 0.591. The summed E-state index contributed by atoms with van der Waals surface area (Å²) >= 11 is 6.59. The first-order valence-corrected chi connectivity index (χ1v) is 6.09. The van der Waals surface area contributed by atoms with E-state index in [1.165, 1.54) is 11.3 Å². The third kappa shape index (κ3) is 1.73. The van der Waals surface area contributed by atoms with Crippen LogP contribution in [0.4, 0.5) is 0 Å². The predicted molar refractivity (Wildman–Crippen MR) is 67.2 cm³/mol. The largest absolute Gasteiger partial charge is 0.462 e. The number of rotatable bonds is 2. The summed E-state index contributed by atoms with van der Waals surface area (Å²) in [7, 11) is 1.87. The van der Waals surface area contributed by atoms with E-state index in [9.17, 15) is 0 Å². The van der Waals surface area contributed by atoms with Crippen LogP contribution in [0.2, 0.25) is 0 Å². The van der Waals surface area contributed by atoms with Crippen molar-refractivity contribution >= 4 is 23.6 Å². The fraction of sp³-hybridized carbons (Fsp3) is 0.100. The highest BCUT2D eigenvalue weighted by atomic mass is 32.1. The molecule has 0 spiro atoms. The van der Waals surface area contributed by atoms with E-state index in [4.69, 9.17) is 16.6 Å². The van der Waals surface area contributed by atoms with Crippen LogP contribution < -0.4 is 0 Å². The molecule has 0 bridgehead atoms. The Balaban J connectivity index is 2.06. The highest BCUT2D eigenvalue weighted by Crippen LogP contribution is 2.30. The summed E-state index contributed by atoms with van der Waals surface area (Å²) in [6.07, 6.45) is 3.40. The zero-order chi connectivity index (χ0) is 11.8. The van der Waals surface area contributed by atoms with Crippen molar-refractivity contribution in [1.29, 1.82) is 0 Å². The summed E-state index contributed by atoms with van der Waals surface area (Å²) in [4.78, 5) is 5.26. The average Bonchev–Trinajstić information content (AvgIpc) is 3.01. The summed E-state index contributed by atoms with van der Waals surface area (Å²) in [5.74, 6) is 1.54. The normalized spacial score (nSPS) is 10.9. The molecule has 17 heavy (non-hydrogen) atoms. The second kappa shape index (κ2) is 3.94. The van der Waals surface area contributed by atoms with E-state index in [1.807, 2.05) is 23.7 Å². The van der Waals surface area contributed by atoms with Gasteiger partial charge in [-0.1, -0.05) is 0 Å². The first kappa shape index (κ1) is 10.4. The number of thiazole rings is 1. The standard InChI is InChI=1S/C10H8N4OS2/c1-14-8(12-13-10(14)16)7-5-11-9(17-7)6-3-2-4-15-6/h2-5H,1H3,(H,13,16). The molecule has 7 heteroatoms. The summed E-state index contributed by atoms with van der Waals surface area (Å²) in [5.41, 5.74) is 0. The maximum atomic E-state index is 5.30. The molecule has 0 amide bonds. The van der Waals surface area contributed by atoms with Gasteiger partial charge in [0.25, 0.3) is 0 Å². The van der Waals surface area contributed by atoms with Crippen molar-refractivity contribution in [2.75, 3.05) is 0 Å². The summed E-state index contributed by atoms with van der Waals surface area (Å²) in [6.45, 7) is 0. The molecule has 0 aliphatic carbocycles. The monoisotopic (exact) mass is 264 g/mol. The minimum Gasteiger partial charge on any atom is -0.462 e. The molecule has 0 unspecified atom stereocenters. The Hall–Kier alpha value is -1.73. The van der Waals surface area contributed by atoms with Gasteiger partial charge in [-0.05, 0) is 24.4 Å². The minimum atomic E-state index is 0.591. The van der Waals surface area contributed by atoms with Gasteiger partial charge in [0, 0.05) is 13.2 Å². The molecule has 3 rings (SSSR count). The van der Waals surface area contributed by atoms with Crippen LogP contribution in [0.5, 0.6) is 0 Å². The number of H-pyrrole nitrogens is 1. The van der Waals surface area contributed by atoms with Crippen LogP contribution in [0, 0.1) is 4.77 Å². The Morgan fingerprint density at radius 2 is 2.41 bits per heavy atom. The van der Waals surface area contributed by atoms with Gasteiger partial charge in [-0.15, -0.1) is 11.3 Å². The van der Waals surface area contributed by atoms with Gasteiger partial charge in [0.05, 0.1) is 11.1 Å². The smallest absolute Gasteiger partial charge is 0.195 e. The Bertz CT molecular complexity index is 692. The Morgan fingerprint density at radius 1 is 1.53 bits per heavy atom. The lowest BCUT2D eigenvalue weighted by Gasteiger charge is -1.93. The lowest BCUT2D eigenvalue weighted by atomic mass is 10.5. The average molecular weight is 264 g/mol. The van der Waals surface area contributed by atoms with Gasteiger partial charge in [0.1, 0.15) is 0 Å². The molecule has 0 atom stereocenters. The predicted octanol–water partition coefficient (Wildman–Crippen LogP) is 2.86. The van der Waals surface area contributed by atoms with Crippen LogP contribution in [-0.4, -0.2) is 19.7 Å². The van der Waals surface area contributed by atoms with E-state index in [2.05, 4.69) is 15.2 Å². The van der Waals surface area contributed by atoms with Gasteiger partial charge < -0.3 is 8.98 Å². The van der Waals surface area contributed by atoms with E-state index in [1.54, 1.807) is 12.5 Å². The van der Waals surface area contributed by atoms with E-state index in [0.717, 1.165) is 21.5 Å². The number of hydrogen-bond donors (Lipinski definition) is 1. The lowest BCUT2D eigenvalue weighted by molar-refractivity contribution is 0.582. The molecule has 0 aromatic carbocycles. The zero-order valence-electron chi connectivity index (χ0n) is 8.88. The highest BCUT2D eigenvalue weighted by molar-refractivity contribution is 7.71. The van der Waals surface area contributed by atoms with Crippen molar-refractivity contribution in [2.24, 2.45) is 7.05 Å². The molecule has 0 aliphatic rings. The molecule has 0 saturated carbocycles. The molecular formula is C10H8N4OS2. The molecule has 0 saturated heterocycles. The van der Waals surface area contributed by atoms with E-state index >= 15 is 0 Å². The second-order valence-corrected chi connectivity index (χ2v) is 4.84. The first-order valence-electron chi connectivity index (χ1n) is 4.87. The fourth-order valence-electron chi connectivity index (χ4n) is 1.46. The van der Waals surface area contributed by atoms with Gasteiger partial charge in [-0.25, -0.2) is 4.98 Å².